The van der Waals surface area contributed by atoms with Crippen LogP contribution in [-0.4, -0.2) is 33.6 Å². The fraction of sp³-hybridized carbons (Fsp3) is 0.462. The molecule has 1 aromatic rings. The van der Waals surface area contributed by atoms with Gasteiger partial charge in [0.1, 0.15) is 0 Å². The van der Waals surface area contributed by atoms with E-state index >= 15 is 0 Å². The van der Waals surface area contributed by atoms with Gasteiger partial charge in [-0.15, -0.1) is 0 Å². The van der Waals surface area contributed by atoms with Gasteiger partial charge in [0.15, 0.2) is 5.11 Å². The fourth-order valence-corrected chi connectivity index (χ4v) is 3.30. The highest BCUT2D eigenvalue weighted by Crippen LogP contribution is 2.29. The summed E-state index contributed by atoms with van der Waals surface area (Å²) < 4.78 is 0.292. The Labute approximate surface area is 113 Å². The molecule has 1 aliphatic rings. The highest BCUT2D eigenvalue weighted by Gasteiger charge is 2.28. The van der Waals surface area contributed by atoms with Gasteiger partial charge in [0.25, 0.3) is 0 Å². The molecule has 1 N–H and O–H groups in total. The van der Waals surface area contributed by atoms with Crippen molar-refractivity contribution in [1.82, 2.24) is 4.90 Å². The van der Waals surface area contributed by atoms with Gasteiger partial charge in [-0.2, -0.15) is 11.8 Å². The Morgan fingerprint density at radius 1 is 1.35 bits per heavy atom. The third-order valence-electron chi connectivity index (χ3n) is 2.74. The van der Waals surface area contributed by atoms with E-state index < -0.39 is 0 Å². The van der Waals surface area contributed by atoms with E-state index in [0.29, 0.717) is 4.75 Å². The van der Waals surface area contributed by atoms with Gasteiger partial charge in [-0.1, -0.05) is 18.2 Å². The molecule has 92 valence electrons. The summed E-state index contributed by atoms with van der Waals surface area (Å²) in [5.41, 5.74) is 1.06. The molecule has 0 bridgehead atoms. The second-order valence-corrected chi connectivity index (χ2v) is 7.01. The minimum atomic E-state index is 0.292. The first kappa shape index (κ1) is 12.7. The van der Waals surface area contributed by atoms with Crippen LogP contribution in [0.25, 0.3) is 0 Å². The Balaban J connectivity index is 1.96. The van der Waals surface area contributed by atoms with Crippen LogP contribution >= 0.6 is 24.0 Å². The second kappa shape index (κ2) is 5.27. The van der Waals surface area contributed by atoms with Crippen LogP contribution in [0.2, 0.25) is 0 Å². The number of benzene rings is 1. The predicted molar refractivity (Wildman–Crippen MR) is 80.8 cm³/mol. The van der Waals surface area contributed by atoms with Crippen LogP contribution < -0.4 is 5.32 Å². The molecule has 17 heavy (non-hydrogen) atoms. The molecule has 1 aliphatic heterocycles. The van der Waals surface area contributed by atoms with E-state index in [1.165, 1.54) is 0 Å². The standard InChI is InChI=1S/C13H18N2S2/c1-13(2)10-15(8-9-17-13)12(16)14-11-6-4-3-5-7-11/h3-7H,8-10H2,1-2H3,(H,14,16). The van der Waals surface area contributed by atoms with Crippen molar-refractivity contribution in [3.8, 4) is 0 Å². The highest BCUT2D eigenvalue weighted by atomic mass is 32.2. The molecule has 1 aromatic carbocycles. The maximum atomic E-state index is 5.46. The zero-order valence-electron chi connectivity index (χ0n) is 10.3. The number of nitrogens with one attached hydrogen (secondary N) is 1. The zero-order chi connectivity index (χ0) is 12.3. The molecule has 1 fully saturated rings. The molecule has 2 nitrogen and oxygen atoms in total. The van der Waals surface area contributed by atoms with E-state index in [1.54, 1.807) is 0 Å². The van der Waals surface area contributed by atoms with Gasteiger partial charge in [-0.05, 0) is 38.2 Å². The summed E-state index contributed by atoms with van der Waals surface area (Å²) >= 11 is 7.48. The van der Waals surface area contributed by atoms with Crippen LogP contribution in [0, 0.1) is 0 Å². The number of hydrogen-bond donors (Lipinski definition) is 1. The number of thiocarbonyl (C=S) groups is 1. The molecule has 1 heterocycles. The van der Waals surface area contributed by atoms with E-state index in [2.05, 4.69) is 24.1 Å². The molecule has 0 aromatic heterocycles. The summed E-state index contributed by atoms with van der Waals surface area (Å²) in [5.74, 6) is 1.14. The summed E-state index contributed by atoms with van der Waals surface area (Å²) in [7, 11) is 0. The van der Waals surface area contributed by atoms with E-state index in [1.807, 2.05) is 42.1 Å². The molecule has 2 rings (SSSR count). The van der Waals surface area contributed by atoms with Crippen LogP contribution in [0.15, 0.2) is 30.3 Å². The lowest BCUT2D eigenvalue weighted by molar-refractivity contribution is 0.394. The highest BCUT2D eigenvalue weighted by molar-refractivity contribution is 8.00. The van der Waals surface area contributed by atoms with E-state index in [9.17, 15) is 0 Å². The van der Waals surface area contributed by atoms with Crippen molar-refractivity contribution in [2.24, 2.45) is 0 Å². The van der Waals surface area contributed by atoms with Crippen molar-refractivity contribution in [3.63, 3.8) is 0 Å². The van der Waals surface area contributed by atoms with Crippen molar-refractivity contribution < 1.29 is 0 Å². The first-order chi connectivity index (χ1) is 8.07. The molecular formula is C13H18N2S2. The van der Waals surface area contributed by atoms with Crippen molar-refractivity contribution in [2.45, 2.75) is 18.6 Å². The predicted octanol–water partition coefficient (Wildman–Crippen LogP) is 3.21. The van der Waals surface area contributed by atoms with Gasteiger partial charge in [-0.25, -0.2) is 0 Å². The lowest BCUT2D eigenvalue weighted by Crippen LogP contribution is -2.47. The molecule has 0 saturated carbocycles. The lowest BCUT2D eigenvalue weighted by atomic mass is 10.2. The quantitative estimate of drug-likeness (QED) is 0.785. The summed E-state index contributed by atoms with van der Waals surface area (Å²) in [6, 6.07) is 10.1. The SMILES string of the molecule is CC1(C)CN(C(=S)Nc2ccccc2)CCS1. The lowest BCUT2D eigenvalue weighted by Gasteiger charge is -2.38. The van der Waals surface area contributed by atoms with Crippen LogP contribution in [0.3, 0.4) is 0 Å². The molecule has 0 spiro atoms. The average Bonchev–Trinajstić information content (AvgIpc) is 2.29. The minimum absolute atomic E-state index is 0.292. The first-order valence-corrected chi connectivity index (χ1v) is 7.21. The van der Waals surface area contributed by atoms with Gasteiger partial charge < -0.3 is 10.2 Å². The maximum absolute atomic E-state index is 5.46. The molecule has 0 aliphatic carbocycles. The molecule has 0 radical (unpaired) electrons. The number of anilines is 1. The normalized spacial score (nSPS) is 18.8. The number of rotatable bonds is 1. The van der Waals surface area contributed by atoms with Crippen LogP contribution in [0.4, 0.5) is 5.69 Å². The number of nitrogens with zero attached hydrogens (tertiary/aromatic N) is 1. The van der Waals surface area contributed by atoms with Crippen LogP contribution in [0.1, 0.15) is 13.8 Å². The average molecular weight is 266 g/mol. The Hall–Kier alpha value is -0.740. The van der Waals surface area contributed by atoms with Crippen molar-refractivity contribution in [3.05, 3.63) is 30.3 Å². The Morgan fingerprint density at radius 3 is 2.71 bits per heavy atom. The summed E-state index contributed by atoms with van der Waals surface area (Å²) in [6.45, 7) is 6.59. The molecule has 1 saturated heterocycles. The first-order valence-electron chi connectivity index (χ1n) is 5.82. The van der Waals surface area contributed by atoms with Crippen LogP contribution in [-0.2, 0) is 0 Å². The molecule has 0 atom stereocenters. The van der Waals surface area contributed by atoms with E-state index in [-0.39, 0.29) is 0 Å². The largest absolute Gasteiger partial charge is 0.347 e. The summed E-state index contributed by atoms with van der Waals surface area (Å²) in [6.07, 6.45) is 0. The summed E-state index contributed by atoms with van der Waals surface area (Å²) in [4.78, 5) is 2.26. The maximum Gasteiger partial charge on any atom is 0.173 e. The van der Waals surface area contributed by atoms with Gasteiger partial charge >= 0.3 is 0 Å². The van der Waals surface area contributed by atoms with Gasteiger partial charge in [0.05, 0.1) is 0 Å². The van der Waals surface area contributed by atoms with E-state index in [4.69, 9.17) is 12.2 Å². The van der Waals surface area contributed by atoms with E-state index in [0.717, 1.165) is 29.6 Å². The minimum Gasteiger partial charge on any atom is -0.347 e. The summed E-state index contributed by atoms with van der Waals surface area (Å²) in [5, 5.41) is 4.14. The third-order valence-corrected chi connectivity index (χ3v) is 4.40. The van der Waals surface area contributed by atoms with Gasteiger partial charge in [0.2, 0.25) is 0 Å². The monoisotopic (exact) mass is 266 g/mol. The Morgan fingerprint density at radius 2 is 2.06 bits per heavy atom. The second-order valence-electron chi connectivity index (χ2n) is 4.83. The van der Waals surface area contributed by atoms with Gasteiger partial charge in [-0.3, -0.25) is 0 Å². The van der Waals surface area contributed by atoms with Gasteiger partial charge in [0, 0.05) is 29.3 Å². The molecule has 0 amide bonds. The Bertz CT molecular complexity index is 390. The Kier molecular flexibility index (Phi) is 3.94. The zero-order valence-corrected chi connectivity index (χ0v) is 11.9. The number of hydrogen-bond acceptors (Lipinski definition) is 2. The third kappa shape index (κ3) is 3.61. The van der Waals surface area contributed by atoms with Crippen molar-refractivity contribution in [1.29, 1.82) is 0 Å². The fourth-order valence-electron chi connectivity index (χ4n) is 1.91. The smallest absolute Gasteiger partial charge is 0.173 e. The van der Waals surface area contributed by atoms with Crippen molar-refractivity contribution in [2.75, 3.05) is 24.2 Å². The van der Waals surface area contributed by atoms with Crippen LogP contribution in [0.5, 0.6) is 0 Å². The molecule has 4 heteroatoms. The number of thioether (sulfide) groups is 1. The topological polar surface area (TPSA) is 15.3 Å². The number of para-hydroxylation sites is 1. The van der Waals surface area contributed by atoms with Crippen molar-refractivity contribution >= 4 is 34.8 Å². The molecule has 0 unspecified atom stereocenters. The molecular weight excluding hydrogens is 248 g/mol.